The van der Waals surface area contributed by atoms with E-state index in [-0.39, 0.29) is 23.7 Å². The highest BCUT2D eigenvalue weighted by atomic mass is 16.5. The number of methoxy groups -OCH3 is 2. The van der Waals surface area contributed by atoms with Gasteiger partial charge in [-0.15, -0.1) is 0 Å². The zero-order valence-electron chi connectivity index (χ0n) is 15.4. The first-order valence-corrected chi connectivity index (χ1v) is 9.21. The fourth-order valence-corrected chi connectivity index (χ4v) is 4.86. The number of carbonyl (C=O) groups is 1. The van der Waals surface area contributed by atoms with Crippen LogP contribution in [0.5, 0.6) is 0 Å². The molecule has 7 nitrogen and oxygen atoms in total. The van der Waals surface area contributed by atoms with Crippen molar-refractivity contribution in [3.8, 4) is 0 Å². The molecular formula is C18H28N4O3. The van der Waals surface area contributed by atoms with Crippen LogP contribution in [0.4, 0.5) is 0 Å². The van der Waals surface area contributed by atoms with Crippen LogP contribution in [-0.4, -0.2) is 78.0 Å². The zero-order chi connectivity index (χ0) is 17.6. The number of ether oxygens (including phenoxy) is 2. The maximum absolute atomic E-state index is 13.3. The molecule has 1 aliphatic carbocycles. The Morgan fingerprint density at radius 1 is 1.32 bits per heavy atom. The monoisotopic (exact) mass is 348 g/mol. The van der Waals surface area contributed by atoms with Gasteiger partial charge in [0.15, 0.2) is 5.69 Å². The van der Waals surface area contributed by atoms with Gasteiger partial charge in [-0.25, -0.2) is 0 Å². The molecule has 3 heterocycles. The molecule has 1 saturated heterocycles. The van der Waals surface area contributed by atoms with Crippen LogP contribution >= 0.6 is 0 Å². The van der Waals surface area contributed by atoms with Gasteiger partial charge in [0.05, 0.1) is 17.7 Å². The van der Waals surface area contributed by atoms with Crippen LogP contribution in [0, 0.1) is 0 Å². The summed E-state index contributed by atoms with van der Waals surface area (Å²) in [5.74, 6) is 0.0356. The van der Waals surface area contributed by atoms with Crippen molar-refractivity contribution in [2.75, 3.05) is 34.4 Å². The minimum absolute atomic E-state index is 0.0356. The number of nitrogens with one attached hydrogen (secondary N) is 1. The maximum atomic E-state index is 13.3. The molecule has 1 saturated carbocycles. The van der Waals surface area contributed by atoms with E-state index in [0.717, 1.165) is 63.0 Å². The van der Waals surface area contributed by atoms with Crippen molar-refractivity contribution in [2.45, 2.75) is 56.4 Å². The molecule has 2 aliphatic heterocycles. The number of carbonyl (C=O) groups excluding carboxylic acids is 1. The minimum Gasteiger partial charge on any atom is -0.381 e. The van der Waals surface area contributed by atoms with E-state index in [4.69, 9.17) is 9.47 Å². The van der Waals surface area contributed by atoms with Gasteiger partial charge >= 0.3 is 0 Å². The molecule has 1 aromatic heterocycles. The number of likely N-dealkylation sites (tertiary alicyclic amines) is 1. The van der Waals surface area contributed by atoms with Crippen LogP contribution in [0.3, 0.4) is 0 Å². The average Bonchev–Trinajstić information content (AvgIpc) is 3.22. The standard InChI is InChI=1S/C18H28N4O3/c1-21-8-5-14-13(11-21)16(20-19-14)17(23)22-9-7-18(25-3)6-4-12(24-2)10-15(18)22/h12,15H,4-11H2,1-3H3,(H,19,20)/t12-,15-,18+/m0/s1. The van der Waals surface area contributed by atoms with E-state index in [0.29, 0.717) is 5.69 Å². The van der Waals surface area contributed by atoms with Crippen molar-refractivity contribution in [2.24, 2.45) is 0 Å². The molecule has 0 radical (unpaired) electrons. The average molecular weight is 348 g/mol. The van der Waals surface area contributed by atoms with Crippen LogP contribution in [0.15, 0.2) is 0 Å². The van der Waals surface area contributed by atoms with Gasteiger partial charge in [0.1, 0.15) is 0 Å². The molecule has 0 unspecified atom stereocenters. The third kappa shape index (κ3) is 2.69. The Hall–Kier alpha value is -1.44. The number of aromatic nitrogens is 2. The van der Waals surface area contributed by atoms with Gasteiger partial charge in [-0.2, -0.15) is 5.10 Å². The lowest BCUT2D eigenvalue weighted by atomic mass is 9.79. The topological polar surface area (TPSA) is 70.7 Å². The molecule has 7 heteroatoms. The highest BCUT2D eigenvalue weighted by Crippen LogP contribution is 2.43. The number of amides is 1. The summed E-state index contributed by atoms with van der Waals surface area (Å²) in [5.41, 5.74) is 2.54. The van der Waals surface area contributed by atoms with Gasteiger partial charge in [0.2, 0.25) is 0 Å². The summed E-state index contributed by atoms with van der Waals surface area (Å²) >= 11 is 0. The molecule has 0 spiro atoms. The van der Waals surface area contributed by atoms with E-state index in [9.17, 15) is 4.79 Å². The molecule has 1 aromatic rings. The van der Waals surface area contributed by atoms with Gasteiger partial charge < -0.3 is 19.3 Å². The highest BCUT2D eigenvalue weighted by Gasteiger charge is 2.53. The summed E-state index contributed by atoms with van der Waals surface area (Å²) in [5, 5.41) is 7.47. The summed E-state index contributed by atoms with van der Waals surface area (Å²) in [6.45, 7) is 2.50. The normalized spacial score (nSPS) is 32.5. The van der Waals surface area contributed by atoms with Crippen molar-refractivity contribution in [3.63, 3.8) is 0 Å². The molecule has 0 bridgehead atoms. The minimum atomic E-state index is -0.224. The molecule has 25 heavy (non-hydrogen) atoms. The van der Waals surface area contributed by atoms with E-state index < -0.39 is 0 Å². The Labute approximate surface area is 148 Å². The number of rotatable bonds is 3. The molecule has 1 N–H and O–H groups in total. The molecule has 1 amide bonds. The lowest BCUT2D eigenvalue weighted by Gasteiger charge is -2.43. The number of fused-ring (bicyclic) bond motifs is 2. The predicted octanol–water partition coefficient (Wildman–Crippen LogP) is 1.20. The smallest absolute Gasteiger partial charge is 0.275 e. The first-order valence-electron chi connectivity index (χ1n) is 9.21. The van der Waals surface area contributed by atoms with Crippen molar-refractivity contribution in [1.29, 1.82) is 0 Å². The van der Waals surface area contributed by atoms with E-state index in [1.54, 1.807) is 14.2 Å². The second-order valence-corrected chi connectivity index (χ2v) is 7.68. The molecule has 2 fully saturated rings. The number of nitrogens with zero attached hydrogens (tertiary/aromatic N) is 3. The molecular weight excluding hydrogens is 320 g/mol. The van der Waals surface area contributed by atoms with Crippen LogP contribution in [-0.2, 0) is 22.4 Å². The molecule has 0 aromatic carbocycles. The Kier molecular flexibility index (Phi) is 4.33. The molecule has 3 atom stereocenters. The largest absolute Gasteiger partial charge is 0.381 e. The number of hydrogen-bond acceptors (Lipinski definition) is 5. The molecule has 3 aliphatic rings. The van der Waals surface area contributed by atoms with Crippen LogP contribution < -0.4 is 0 Å². The Bertz CT molecular complexity index is 661. The number of likely N-dealkylation sites (N-methyl/N-ethyl adjacent to an activating group) is 1. The number of hydrogen-bond donors (Lipinski definition) is 1. The van der Waals surface area contributed by atoms with E-state index >= 15 is 0 Å². The third-order valence-electron chi connectivity index (χ3n) is 6.46. The maximum Gasteiger partial charge on any atom is 0.275 e. The first kappa shape index (κ1) is 17.0. The second-order valence-electron chi connectivity index (χ2n) is 7.68. The van der Waals surface area contributed by atoms with Crippen LogP contribution in [0.2, 0.25) is 0 Å². The Morgan fingerprint density at radius 2 is 2.16 bits per heavy atom. The van der Waals surface area contributed by atoms with Crippen molar-refractivity contribution in [3.05, 3.63) is 17.0 Å². The Balaban J connectivity index is 1.61. The number of aromatic amines is 1. The fraction of sp³-hybridized carbons (Fsp3) is 0.778. The number of H-pyrrole nitrogens is 1. The van der Waals surface area contributed by atoms with Gasteiger partial charge in [0.25, 0.3) is 5.91 Å². The lowest BCUT2D eigenvalue weighted by Crippen LogP contribution is -2.53. The summed E-state index contributed by atoms with van der Waals surface area (Å²) in [4.78, 5) is 17.5. The van der Waals surface area contributed by atoms with Crippen LogP contribution in [0.25, 0.3) is 0 Å². The summed E-state index contributed by atoms with van der Waals surface area (Å²) < 4.78 is 11.5. The lowest BCUT2D eigenvalue weighted by molar-refractivity contribution is -0.0894. The van der Waals surface area contributed by atoms with Gasteiger partial charge in [-0.1, -0.05) is 0 Å². The first-order chi connectivity index (χ1) is 12.1. The van der Waals surface area contributed by atoms with Gasteiger partial charge in [-0.3, -0.25) is 9.89 Å². The van der Waals surface area contributed by atoms with Crippen molar-refractivity contribution >= 4 is 5.91 Å². The van der Waals surface area contributed by atoms with Gasteiger partial charge in [0, 0.05) is 51.5 Å². The highest BCUT2D eigenvalue weighted by molar-refractivity contribution is 5.94. The van der Waals surface area contributed by atoms with E-state index in [2.05, 4.69) is 22.1 Å². The Morgan fingerprint density at radius 3 is 2.92 bits per heavy atom. The quantitative estimate of drug-likeness (QED) is 0.889. The zero-order valence-corrected chi connectivity index (χ0v) is 15.4. The van der Waals surface area contributed by atoms with Crippen molar-refractivity contribution in [1.82, 2.24) is 20.0 Å². The predicted molar refractivity (Wildman–Crippen MR) is 92.5 cm³/mol. The summed E-state index contributed by atoms with van der Waals surface area (Å²) in [6.07, 6.45) is 4.78. The second kappa shape index (κ2) is 6.37. The van der Waals surface area contributed by atoms with E-state index in [1.165, 1.54) is 0 Å². The van der Waals surface area contributed by atoms with Crippen molar-refractivity contribution < 1.29 is 14.3 Å². The summed E-state index contributed by atoms with van der Waals surface area (Å²) in [6, 6.07) is 0.0670. The van der Waals surface area contributed by atoms with E-state index in [1.807, 2.05) is 4.90 Å². The summed E-state index contributed by atoms with van der Waals surface area (Å²) in [7, 11) is 5.62. The molecule has 138 valence electrons. The van der Waals surface area contributed by atoms with Crippen LogP contribution in [0.1, 0.15) is 47.4 Å². The fourth-order valence-electron chi connectivity index (χ4n) is 4.86. The third-order valence-corrected chi connectivity index (χ3v) is 6.46. The SMILES string of the molecule is CO[C@H]1CC[C@@]2(OC)CCN(C(=O)c3n[nH]c4c3CN(C)CC4)[C@H]2C1. The molecule has 4 rings (SSSR count). The van der Waals surface area contributed by atoms with Gasteiger partial charge in [-0.05, 0) is 32.7 Å².